The largest absolute Gasteiger partial charge is 0.493 e. The fourth-order valence-electron chi connectivity index (χ4n) is 7.20. The summed E-state index contributed by atoms with van der Waals surface area (Å²) in [6.45, 7) is 2.88. The maximum absolute atomic E-state index is 12.4. The topological polar surface area (TPSA) is 139 Å². The first-order valence-corrected chi connectivity index (χ1v) is 18.7. The standard InChI is InChI=1S/C43H51N3O8/c1-51-39-22-35-19-20-46(26-36(35)23-40(39)52-2)27-37-24-38(32-13-11-29(28-47)12-14-32)54-43(53-37)33-17-15-31(16-18-33)34-8-6-7-30(21-34)25-44-41(48)9-4-3-5-10-42(49)45-50/h6-8,11-18,21-23,37-38,43,47,50H,3-5,9-10,19-20,24-28H2,1-2H3,(H,44,48)(H,45,49). The number of methoxy groups -OCH3 is 2. The van der Waals surface area contributed by atoms with Crippen LogP contribution < -0.4 is 20.3 Å². The van der Waals surface area contributed by atoms with E-state index in [9.17, 15) is 14.7 Å². The summed E-state index contributed by atoms with van der Waals surface area (Å²) in [5.41, 5.74) is 10.1. The van der Waals surface area contributed by atoms with E-state index in [1.54, 1.807) is 19.7 Å². The van der Waals surface area contributed by atoms with Crippen LogP contribution in [0.1, 0.15) is 84.3 Å². The molecule has 0 aromatic heterocycles. The Hall–Kier alpha value is -4.78. The molecule has 0 spiro atoms. The Morgan fingerprint density at radius 2 is 1.50 bits per heavy atom. The molecule has 1 saturated heterocycles. The molecule has 4 N–H and O–H groups in total. The number of carbonyl (C=O) groups is 2. The molecule has 54 heavy (non-hydrogen) atoms. The summed E-state index contributed by atoms with van der Waals surface area (Å²) in [5.74, 6) is 1.05. The lowest BCUT2D eigenvalue weighted by molar-refractivity contribution is -0.253. The first kappa shape index (κ1) is 38.9. The number of nitrogens with zero attached hydrogens (tertiary/aromatic N) is 1. The molecule has 2 amide bonds. The number of amides is 2. The number of benzene rings is 4. The summed E-state index contributed by atoms with van der Waals surface area (Å²) >= 11 is 0. The molecule has 3 unspecified atom stereocenters. The van der Waals surface area contributed by atoms with Gasteiger partial charge in [-0.2, -0.15) is 0 Å². The highest BCUT2D eigenvalue weighted by atomic mass is 16.7. The number of hydrogen-bond donors (Lipinski definition) is 4. The molecule has 0 saturated carbocycles. The molecule has 2 aliphatic heterocycles. The van der Waals surface area contributed by atoms with Crippen LogP contribution in [0.4, 0.5) is 0 Å². The second kappa shape index (κ2) is 19.0. The van der Waals surface area contributed by atoms with Gasteiger partial charge in [-0.3, -0.25) is 19.7 Å². The van der Waals surface area contributed by atoms with Gasteiger partial charge >= 0.3 is 0 Å². The Bertz CT molecular complexity index is 1850. The van der Waals surface area contributed by atoms with Crippen LogP contribution in [0.15, 0.2) is 84.9 Å². The van der Waals surface area contributed by atoms with Crippen LogP contribution in [0.2, 0.25) is 0 Å². The van der Waals surface area contributed by atoms with Crippen LogP contribution in [0.3, 0.4) is 0 Å². The van der Waals surface area contributed by atoms with Crippen LogP contribution in [0.25, 0.3) is 11.1 Å². The van der Waals surface area contributed by atoms with Gasteiger partial charge < -0.3 is 29.4 Å². The summed E-state index contributed by atoms with van der Waals surface area (Å²) in [5, 5.41) is 21.2. The third-order valence-electron chi connectivity index (χ3n) is 10.2. The number of rotatable bonds is 16. The van der Waals surface area contributed by atoms with Gasteiger partial charge in [0, 0.05) is 51.0 Å². The van der Waals surface area contributed by atoms with E-state index in [4.69, 9.17) is 24.2 Å². The number of hydroxylamine groups is 1. The molecular formula is C43H51N3O8. The molecule has 0 radical (unpaired) electrons. The fraction of sp³-hybridized carbons (Fsp3) is 0.395. The summed E-state index contributed by atoms with van der Waals surface area (Å²) in [7, 11) is 3.33. The minimum absolute atomic E-state index is 0.00628. The fourth-order valence-corrected chi connectivity index (χ4v) is 7.20. The molecule has 3 atom stereocenters. The Kier molecular flexibility index (Phi) is 13.7. The normalized spacial score (nSPS) is 18.4. The molecule has 0 bridgehead atoms. The molecule has 6 rings (SSSR count). The molecule has 4 aromatic rings. The molecule has 11 heteroatoms. The average molecular weight is 738 g/mol. The molecule has 2 heterocycles. The monoisotopic (exact) mass is 737 g/mol. The number of unbranched alkanes of at least 4 members (excludes halogenated alkanes) is 2. The van der Waals surface area contributed by atoms with Crippen LogP contribution in [-0.4, -0.2) is 60.4 Å². The maximum Gasteiger partial charge on any atom is 0.243 e. The number of fused-ring (bicyclic) bond motifs is 1. The van der Waals surface area contributed by atoms with Crippen LogP contribution in [-0.2, 0) is 45.2 Å². The van der Waals surface area contributed by atoms with Crippen molar-refractivity contribution in [2.45, 2.75) is 83.1 Å². The third-order valence-corrected chi connectivity index (χ3v) is 10.2. The van der Waals surface area contributed by atoms with Gasteiger partial charge in [0.25, 0.3) is 0 Å². The zero-order chi connectivity index (χ0) is 37.9. The van der Waals surface area contributed by atoms with Gasteiger partial charge in [-0.15, -0.1) is 0 Å². The Labute approximate surface area is 317 Å². The molecule has 4 aromatic carbocycles. The summed E-state index contributed by atoms with van der Waals surface area (Å²) in [4.78, 5) is 26.0. The summed E-state index contributed by atoms with van der Waals surface area (Å²) < 4.78 is 24.5. The van der Waals surface area contributed by atoms with Crippen LogP contribution in [0, 0.1) is 0 Å². The average Bonchev–Trinajstić information content (AvgIpc) is 3.22. The summed E-state index contributed by atoms with van der Waals surface area (Å²) in [6, 6.07) is 28.5. The van der Waals surface area contributed by atoms with Crippen molar-refractivity contribution in [2.24, 2.45) is 0 Å². The first-order chi connectivity index (χ1) is 26.3. The second-order valence-electron chi connectivity index (χ2n) is 14.0. The van der Waals surface area contributed by atoms with Gasteiger partial charge in [0.1, 0.15) is 0 Å². The van der Waals surface area contributed by atoms with Crippen molar-refractivity contribution in [1.82, 2.24) is 15.7 Å². The number of aliphatic hydroxyl groups is 1. The first-order valence-electron chi connectivity index (χ1n) is 18.7. The zero-order valence-corrected chi connectivity index (χ0v) is 31.1. The second-order valence-corrected chi connectivity index (χ2v) is 14.0. The smallest absolute Gasteiger partial charge is 0.243 e. The molecule has 1 fully saturated rings. The van der Waals surface area contributed by atoms with Gasteiger partial charge in [-0.05, 0) is 76.4 Å². The van der Waals surface area contributed by atoms with Gasteiger partial charge in [0.2, 0.25) is 11.8 Å². The van der Waals surface area contributed by atoms with E-state index in [0.717, 1.165) is 77.4 Å². The Morgan fingerprint density at radius 3 is 2.20 bits per heavy atom. The van der Waals surface area contributed by atoms with Gasteiger partial charge in [-0.1, -0.05) is 73.2 Å². The van der Waals surface area contributed by atoms with Crippen molar-refractivity contribution in [3.63, 3.8) is 0 Å². The quantitative estimate of drug-likeness (QED) is 0.0574. The summed E-state index contributed by atoms with van der Waals surface area (Å²) in [6.07, 6.45) is 3.48. The molecular weight excluding hydrogens is 686 g/mol. The predicted molar refractivity (Wildman–Crippen MR) is 204 cm³/mol. The predicted octanol–water partition coefficient (Wildman–Crippen LogP) is 6.54. The van der Waals surface area contributed by atoms with E-state index < -0.39 is 12.2 Å². The lowest BCUT2D eigenvalue weighted by Gasteiger charge is -2.39. The Balaban J connectivity index is 1.10. The van der Waals surface area contributed by atoms with Crippen LogP contribution >= 0.6 is 0 Å². The van der Waals surface area contributed by atoms with E-state index in [-0.39, 0.29) is 31.1 Å². The highest BCUT2D eigenvalue weighted by molar-refractivity contribution is 5.76. The van der Waals surface area contributed by atoms with E-state index in [1.165, 1.54) is 11.1 Å². The number of hydrogen-bond acceptors (Lipinski definition) is 9. The van der Waals surface area contributed by atoms with Crippen LogP contribution in [0.5, 0.6) is 11.5 Å². The van der Waals surface area contributed by atoms with Gasteiger partial charge in [-0.25, -0.2) is 5.48 Å². The SMILES string of the molecule is COc1cc2c(cc1OC)CN(CC1CC(c3ccc(CO)cc3)OC(c3ccc(-c4cccc(CNC(=O)CCCCCC(=O)NO)c4)cc3)O1)CC2. The lowest BCUT2D eigenvalue weighted by Crippen LogP contribution is -2.41. The zero-order valence-electron chi connectivity index (χ0n) is 31.1. The van der Waals surface area contributed by atoms with E-state index in [0.29, 0.717) is 32.2 Å². The van der Waals surface area contributed by atoms with Gasteiger partial charge in [0.05, 0.1) is 33.0 Å². The third kappa shape index (κ3) is 10.2. The van der Waals surface area contributed by atoms with Crippen molar-refractivity contribution in [1.29, 1.82) is 0 Å². The molecule has 286 valence electrons. The highest BCUT2D eigenvalue weighted by Crippen LogP contribution is 2.40. The molecule has 0 aliphatic carbocycles. The number of nitrogens with one attached hydrogen (secondary N) is 2. The molecule has 2 aliphatic rings. The van der Waals surface area contributed by atoms with Crippen molar-refractivity contribution in [2.75, 3.05) is 27.3 Å². The highest BCUT2D eigenvalue weighted by Gasteiger charge is 2.34. The lowest BCUT2D eigenvalue weighted by atomic mass is 9.96. The minimum atomic E-state index is -0.560. The minimum Gasteiger partial charge on any atom is -0.493 e. The van der Waals surface area contributed by atoms with Crippen molar-refractivity contribution in [3.05, 3.63) is 118 Å². The van der Waals surface area contributed by atoms with Crippen molar-refractivity contribution < 1.29 is 38.9 Å². The van der Waals surface area contributed by atoms with E-state index in [2.05, 4.69) is 58.7 Å². The Morgan fingerprint density at radius 1 is 0.796 bits per heavy atom. The number of carbonyl (C=O) groups excluding carboxylic acids is 2. The number of ether oxygens (including phenoxy) is 4. The maximum atomic E-state index is 12.4. The van der Waals surface area contributed by atoms with E-state index in [1.807, 2.05) is 36.4 Å². The van der Waals surface area contributed by atoms with Crippen molar-refractivity contribution in [3.8, 4) is 22.6 Å². The molecule has 11 nitrogen and oxygen atoms in total. The van der Waals surface area contributed by atoms with E-state index >= 15 is 0 Å². The number of aliphatic hydroxyl groups excluding tert-OH is 1. The van der Waals surface area contributed by atoms with Gasteiger partial charge in [0.15, 0.2) is 17.8 Å². The van der Waals surface area contributed by atoms with Crippen molar-refractivity contribution >= 4 is 11.8 Å².